The molecule has 2 amide bonds. The lowest BCUT2D eigenvalue weighted by atomic mass is 9.97. The summed E-state index contributed by atoms with van der Waals surface area (Å²) in [5.41, 5.74) is 3.98. The van der Waals surface area contributed by atoms with Crippen LogP contribution in [0.4, 0.5) is 0 Å². The molecule has 3 heterocycles. The third kappa shape index (κ3) is 4.91. The van der Waals surface area contributed by atoms with Gasteiger partial charge in [0, 0.05) is 50.8 Å². The third-order valence-corrected chi connectivity index (χ3v) is 5.70. The topological polar surface area (TPSA) is 66.4 Å². The molecule has 32 heavy (non-hydrogen) atoms. The van der Waals surface area contributed by atoms with Gasteiger partial charge in [-0.3, -0.25) is 19.6 Å². The Balaban J connectivity index is 1.58. The molecule has 6 nitrogen and oxygen atoms in total. The first kappa shape index (κ1) is 21.4. The van der Waals surface area contributed by atoms with Gasteiger partial charge in [0.2, 0.25) is 11.8 Å². The summed E-state index contributed by atoms with van der Waals surface area (Å²) >= 11 is 0. The number of piperazine rings is 1. The zero-order chi connectivity index (χ0) is 22.3. The minimum Gasteiger partial charge on any atom is -0.335 e. The summed E-state index contributed by atoms with van der Waals surface area (Å²) in [5.74, 6) is -0.0927. The number of rotatable bonds is 7. The number of carbonyl (C=O) groups excluding carboxylic acids is 2. The van der Waals surface area contributed by atoms with Crippen LogP contribution in [-0.2, 0) is 22.4 Å². The van der Waals surface area contributed by atoms with E-state index in [1.165, 1.54) is 0 Å². The van der Waals surface area contributed by atoms with Crippen LogP contribution in [0, 0.1) is 0 Å². The van der Waals surface area contributed by atoms with Crippen molar-refractivity contribution in [3.8, 4) is 11.1 Å². The maximum absolute atomic E-state index is 13.3. The zero-order valence-electron chi connectivity index (χ0n) is 17.9. The number of amides is 2. The maximum atomic E-state index is 13.3. The lowest BCUT2D eigenvalue weighted by Crippen LogP contribution is -2.59. The third-order valence-electron chi connectivity index (χ3n) is 5.70. The minimum atomic E-state index is -0.541. The van der Waals surface area contributed by atoms with Crippen LogP contribution >= 0.6 is 0 Å². The Kier molecular flexibility index (Phi) is 6.70. The number of hydrogen-bond acceptors (Lipinski definition) is 4. The van der Waals surface area contributed by atoms with E-state index < -0.39 is 6.04 Å². The normalized spacial score (nSPS) is 16.1. The van der Waals surface area contributed by atoms with Crippen molar-refractivity contribution < 1.29 is 9.59 Å². The molecule has 1 atom stereocenters. The monoisotopic (exact) mass is 426 g/mol. The standard InChI is InChI=1S/C26H26N4O2/c1-2-13-29-14-15-30(25(31)18-21-6-4-10-28-19-21)24(26(29)32)17-20-5-3-7-23(16-20)22-8-11-27-12-9-22/h2-12,16,19,24H,1,13-15,17-18H2/t24-/m1/s1. The number of benzene rings is 1. The largest absolute Gasteiger partial charge is 0.335 e. The molecule has 2 aromatic heterocycles. The molecular weight excluding hydrogens is 400 g/mol. The minimum absolute atomic E-state index is 0.0370. The van der Waals surface area contributed by atoms with Crippen LogP contribution in [0.5, 0.6) is 0 Å². The van der Waals surface area contributed by atoms with Gasteiger partial charge in [-0.15, -0.1) is 6.58 Å². The first-order chi connectivity index (χ1) is 15.7. The molecule has 0 spiro atoms. The number of carbonyl (C=O) groups is 2. The SMILES string of the molecule is C=CCN1CCN(C(=O)Cc2cccnc2)[C@H](Cc2cccc(-c3ccncc3)c2)C1=O. The molecular formula is C26H26N4O2. The van der Waals surface area contributed by atoms with Gasteiger partial charge in [0.25, 0.3) is 0 Å². The van der Waals surface area contributed by atoms with Gasteiger partial charge in [0.15, 0.2) is 0 Å². The molecule has 0 N–H and O–H groups in total. The smallest absolute Gasteiger partial charge is 0.246 e. The number of aromatic nitrogens is 2. The van der Waals surface area contributed by atoms with Crippen molar-refractivity contribution in [2.24, 2.45) is 0 Å². The molecule has 0 saturated carbocycles. The van der Waals surface area contributed by atoms with Gasteiger partial charge >= 0.3 is 0 Å². The molecule has 1 saturated heterocycles. The number of nitrogens with zero attached hydrogens (tertiary/aromatic N) is 4. The fourth-order valence-electron chi connectivity index (χ4n) is 4.10. The first-order valence-corrected chi connectivity index (χ1v) is 10.7. The van der Waals surface area contributed by atoms with E-state index in [0.29, 0.717) is 26.1 Å². The summed E-state index contributed by atoms with van der Waals surface area (Å²) in [7, 11) is 0. The molecule has 1 aromatic carbocycles. The van der Waals surface area contributed by atoms with Crippen molar-refractivity contribution >= 4 is 11.8 Å². The second kappa shape index (κ2) is 10.0. The molecule has 1 aliphatic heterocycles. The second-order valence-corrected chi connectivity index (χ2v) is 7.85. The molecule has 0 radical (unpaired) electrons. The zero-order valence-corrected chi connectivity index (χ0v) is 17.9. The predicted molar refractivity (Wildman–Crippen MR) is 124 cm³/mol. The summed E-state index contributed by atoms with van der Waals surface area (Å²) in [6.45, 7) is 5.27. The first-order valence-electron chi connectivity index (χ1n) is 10.7. The average Bonchev–Trinajstić information content (AvgIpc) is 2.83. The highest BCUT2D eigenvalue weighted by molar-refractivity contribution is 5.90. The van der Waals surface area contributed by atoms with Gasteiger partial charge in [-0.1, -0.05) is 36.4 Å². The van der Waals surface area contributed by atoms with E-state index in [2.05, 4.69) is 22.6 Å². The Hall–Kier alpha value is -3.80. The van der Waals surface area contributed by atoms with Crippen molar-refractivity contribution in [2.75, 3.05) is 19.6 Å². The molecule has 6 heteroatoms. The Morgan fingerprint density at radius 2 is 1.81 bits per heavy atom. The summed E-state index contributed by atoms with van der Waals surface area (Å²) in [6.07, 6.45) is 9.33. The van der Waals surface area contributed by atoms with E-state index in [-0.39, 0.29) is 18.2 Å². The van der Waals surface area contributed by atoms with Crippen LogP contribution in [0.3, 0.4) is 0 Å². The van der Waals surface area contributed by atoms with Crippen molar-refractivity contribution in [3.05, 3.63) is 97.1 Å². The van der Waals surface area contributed by atoms with E-state index >= 15 is 0 Å². The van der Waals surface area contributed by atoms with E-state index in [0.717, 1.165) is 22.3 Å². The van der Waals surface area contributed by atoms with Crippen molar-refractivity contribution in [1.29, 1.82) is 0 Å². The quantitative estimate of drug-likeness (QED) is 0.545. The van der Waals surface area contributed by atoms with E-state index in [1.807, 2.05) is 42.5 Å². The van der Waals surface area contributed by atoms with Crippen LogP contribution in [0.2, 0.25) is 0 Å². The summed E-state index contributed by atoms with van der Waals surface area (Å²) in [4.78, 5) is 38.2. The number of pyridine rings is 2. The maximum Gasteiger partial charge on any atom is 0.246 e. The van der Waals surface area contributed by atoms with Gasteiger partial charge in [-0.25, -0.2) is 0 Å². The van der Waals surface area contributed by atoms with Crippen molar-refractivity contribution in [3.63, 3.8) is 0 Å². The van der Waals surface area contributed by atoms with Gasteiger partial charge in [0.1, 0.15) is 6.04 Å². The van der Waals surface area contributed by atoms with Crippen LogP contribution in [-0.4, -0.2) is 57.3 Å². The molecule has 3 aromatic rings. The van der Waals surface area contributed by atoms with Gasteiger partial charge in [-0.2, -0.15) is 0 Å². The second-order valence-electron chi connectivity index (χ2n) is 7.85. The Morgan fingerprint density at radius 3 is 2.56 bits per heavy atom. The fourth-order valence-corrected chi connectivity index (χ4v) is 4.10. The lowest BCUT2D eigenvalue weighted by molar-refractivity contribution is -0.150. The van der Waals surface area contributed by atoms with E-state index in [1.54, 1.807) is 40.7 Å². The molecule has 162 valence electrons. The lowest BCUT2D eigenvalue weighted by Gasteiger charge is -2.40. The Bertz CT molecular complexity index is 1090. The van der Waals surface area contributed by atoms with Crippen LogP contribution in [0.1, 0.15) is 11.1 Å². The summed E-state index contributed by atoms with van der Waals surface area (Å²) < 4.78 is 0. The number of hydrogen-bond donors (Lipinski definition) is 0. The summed E-state index contributed by atoms with van der Waals surface area (Å²) in [5, 5.41) is 0. The van der Waals surface area contributed by atoms with Crippen LogP contribution < -0.4 is 0 Å². The van der Waals surface area contributed by atoms with Crippen molar-refractivity contribution in [2.45, 2.75) is 18.9 Å². The predicted octanol–water partition coefficient (Wildman–Crippen LogP) is 3.15. The molecule has 0 aliphatic carbocycles. The molecule has 1 aliphatic rings. The average molecular weight is 427 g/mol. The Labute approximate surface area is 188 Å². The molecule has 4 rings (SSSR count). The van der Waals surface area contributed by atoms with Crippen LogP contribution in [0.25, 0.3) is 11.1 Å². The van der Waals surface area contributed by atoms with Crippen LogP contribution in [0.15, 0.2) is 86.0 Å². The molecule has 0 bridgehead atoms. The Morgan fingerprint density at radius 1 is 1.00 bits per heavy atom. The summed E-state index contributed by atoms with van der Waals surface area (Å²) in [6, 6.07) is 15.2. The van der Waals surface area contributed by atoms with Gasteiger partial charge < -0.3 is 9.80 Å². The highest BCUT2D eigenvalue weighted by Crippen LogP contribution is 2.23. The fraction of sp³-hybridized carbons (Fsp3) is 0.231. The van der Waals surface area contributed by atoms with Crippen molar-refractivity contribution in [1.82, 2.24) is 19.8 Å². The van der Waals surface area contributed by atoms with E-state index in [4.69, 9.17) is 0 Å². The highest BCUT2D eigenvalue weighted by Gasteiger charge is 2.36. The molecule has 1 fully saturated rings. The van der Waals surface area contributed by atoms with Gasteiger partial charge in [-0.05, 0) is 40.5 Å². The van der Waals surface area contributed by atoms with Gasteiger partial charge in [0.05, 0.1) is 6.42 Å². The highest BCUT2D eigenvalue weighted by atomic mass is 16.2. The van der Waals surface area contributed by atoms with E-state index in [9.17, 15) is 9.59 Å². The molecule has 0 unspecified atom stereocenters.